The number of nitrogens with zero attached hydrogens (tertiary/aromatic N) is 2. The monoisotopic (exact) mass is 473 g/mol. The van der Waals surface area contributed by atoms with Crippen molar-refractivity contribution in [2.24, 2.45) is 0 Å². The van der Waals surface area contributed by atoms with Crippen molar-refractivity contribution < 1.29 is 4.79 Å². The molecule has 5 aromatic rings. The van der Waals surface area contributed by atoms with Gasteiger partial charge in [-0.05, 0) is 61.4 Å². The highest BCUT2D eigenvalue weighted by Gasteiger charge is 2.29. The minimum Gasteiger partial charge on any atom is -0.325 e. The average Bonchev–Trinajstić information content (AvgIpc) is 3.33. The van der Waals surface area contributed by atoms with Gasteiger partial charge in [0.25, 0.3) is 5.91 Å². The van der Waals surface area contributed by atoms with E-state index in [0.717, 1.165) is 60.4 Å². The van der Waals surface area contributed by atoms with Gasteiger partial charge in [-0.2, -0.15) is 0 Å². The summed E-state index contributed by atoms with van der Waals surface area (Å²) in [6.45, 7) is 5.17. The summed E-state index contributed by atoms with van der Waals surface area (Å²) in [5.74, 6) is -0.0768. The van der Waals surface area contributed by atoms with Crippen molar-refractivity contribution in [3.8, 4) is 22.4 Å². The standard InChI is InChI=1S/C32H31N3O/c1-3-23-14-16-25(17-15-23)29-27-11-7-8-20-34-28(24-9-5-4-6-10-24)21-35(32(27)34)30(29)31(36)33-26-18-12-22(2)13-19-26/h4-6,9-10,12-19,21H,3,7-8,11,20H2,1-2H3,(H,33,36). The van der Waals surface area contributed by atoms with Crippen LogP contribution in [0.4, 0.5) is 5.69 Å². The summed E-state index contributed by atoms with van der Waals surface area (Å²) in [6, 6.07) is 27.2. The van der Waals surface area contributed by atoms with Gasteiger partial charge in [-0.25, -0.2) is 0 Å². The molecule has 3 aromatic carbocycles. The first-order chi connectivity index (χ1) is 17.6. The van der Waals surface area contributed by atoms with Crippen LogP contribution in [-0.2, 0) is 19.4 Å². The summed E-state index contributed by atoms with van der Waals surface area (Å²) in [5.41, 5.74) is 10.9. The van der Waals surface area contributed by atoms with Gasteiger partial charge in [0.1, 0.15) is 11.3 Å². The third-order valence-corrected chi connectivity index (χ3v) is 7.38. The van der Waals surface area contributed by atoms with Gasteiger partial charge in [0.2, 0.25) is 0 Å². The van der Waals surface area contributed by atoms with Gasteiger partial charge in [-0.15, -0.1) is 0 Å². The maximum atomic E-state index is 14.0. The van der Waals surface area contributed by atoms with E-state index >= 15 is 0 Å². The van der Waals surface area contributed by atoms with Gasteiger partial charge < -0.3 is 9.88 Å². The van der Waals surface area contributed by atoms with E-state index in [1.807, 2.05) is 30.3 Å². The van der Waals surface area contributed by atoms with Gasteiger partial charge >= 0.3 is 0 Å². The Bertz CT molecular complexity index is 1540. The van der Waals surface area contributed by atoms with Crippen LogP contribution < -0.4 is 5.32 Å². The smallest absolute Gasteiger partial charge is 0.273 e. The zero-order chi connectivity index (χ0) is 24.6. The third-order valence-electron chi connectivity index (χ3n) is 7.38. The van der Waals surface area contributed by atoms with E-state index in [1.54, 1.807) is 0 Å². The molecule has 3 heterocycles. The van der Waals surface area contributed by atoms with Crippen LogP contribution in [0.1, 0.15) is 46.9 Å². The summed E-state index contributed by atoms with van der Waals surface area (Å²) in [6.07, 6.45) is 6.35. The van der Waals surface area contributed by atoms with Crippen LogP contribution in [0.5, 0.6) is 0 Å². The molecule has 0 aliphatic carbocycles. The molecule has 0 fully saturated rings. The molecule has 0 atom stereocenters. The molecule has 4 nitrogen and oxygen atoms in total. The van der Waals surface area contributed by atoms with Crippen molar-refractivity contribution in [3.63, 3.8) is 0 Å². The van der Waals surface area contributed by atoms with Crippen LogP contribution in [0.2, 0.25) is 0 Å². The quantitative estimate of drug-likeness (QED) is 0.281. The summed E-state index contributed by atoms with van der Waals surface area (Å²) in [7, 11) is 0. The second-order valence-corrected chi connectivity index (χ2v) is 9.76. The molecule has 4 heteroatoms. The highest BCUT2D eigenvalue weighted by molar-refractivity contribution is 6.10. The molecule has 1 aliphatic heterocycles. The van der Waals surface area contributed by atoms with Crippen molar-refractivity contribution >= 4 is 17.2 Å². The van der Waals surface area contributed by atoms with Crippen molar-refractivity contribution in [1.82, 2.24) is 8.97 Å². The predicted octanol–water partition coefficient (Wildman–Crippen LogP) is 7.53. The average molecular weight is 474 g/mol. The van der Waals surface area contributed by atoms with E-state index in [-0.39, 0.29) is 5.91 Å². The fraction of sp³-hybridized carbons (Fsp3) is 0.219. The van der Waals surface area contributed by atoms with Crippen LogP contribution in [0, 0.1) is 6.92 Å². The lowest BCUT2D eigenvalue weighted by Crippen LogP contribution is -2.15. The predicted molar refractivity (Wildman–Crippen MR) is 148 cm³/mol. The highest BCUT2D eigenvalue weighted by Crippen LogP contribution is 2.39. The van der Waals surface area contributed by atoms with Crippen molar-refractivity contribution in [3.05, 3.63) is 107 Å². The maximum Gasteiger partial charge on any atom is 0.273 e. The van der Waals surface area contributed by atoms with E-state index < -0.39 is 0 Å². The van der Waals surface area contributed by atoms with Gasteiger partial charge in [0, 0.05) is 29.6 Å². The van der Waals surface area contributed by atoms with E-state index in [1.165, 1.54) is 22.3 Å². The second-order valence-electron chi connectivity index (χ2n) is 9.76. The van der Waals surface area contributed by atoms with Crippen LogP contribution in [-0.4, -0.2) is 14.9 Å². The molecule has 0 radical (unpaired) electrons. The Morgan fingerprint density at radius 1 is 0.889 bits per heavy atom. The number of imidazole rings is 1. The number of aryl methyl sites for hydroxylation is 4. The van der Waals surface area contributed by atoms with Gasteiger partial charge in [0.05, 0.1) is 5.69 Å². The van der Waals surface area contributed by atoms with E-state index in [9.17, 15) is 4.79 Å². The summed E-state index contributed by atoms with van der Waals surface area (Å²) in [5, 5.41) is 3.18. The van der Waals surface area contributed by atoms with E-state index in [4.69, 9.17) is 0 Å². The molecule has 0 spiro atoms. The normalized spacial score (nSPS) is 13.1. The zero-order valence-corrected chi connectivity index (χ0v) is 20.9. The van der Waals surface area contributed by atoms with E-state index in [0.29, 0.717) is 5.69 Å². The highest BCUT2D eigenvalue weighted by atomic mass is 16.1. The molecule has 180 valence electrons. The Hall–Kier alpha value is -4.05. The molecule has 0 bridgehead atoms. The molecule has 0 saturated carbocycles. The number of aromatic nitrogens is 2. The number of anilines is 1. The summed E-state index contributed by atoms with van der Waals surface area (Å²) < 4.78 is 4.57. The largest absolute Gasteiger partial charge is 0.325 e. The van der Waals surface area contributed by atoms with Crippen LogP contribution in [0.3, 0.4) is 0 Å². The SMILES string of the molecule is CCc1ccc(-c2c3c4n(c(-c5ccccc5)cn4c2C(=O)Nc2ccc(C)cc2)CCCC3)cc1. The second kappa shape index (κ2) is 9.19. The topological polar surface area (TPSA) is 38.4 Å². The molecular formula is C32H31N3O. The molecule has 1 aliphatic rings. The fourth-order valence-electron chi connectivity index (χ4n) is 5.49. The molecule has 1 N–H and O–H groups in total. The first-order valence-corrected chi connectivity index (χ1v) is 12.9. The lowest BCUT2D eigenvalue weighted by Gasteiger charge is -2.11. The number of amides is 1. The minimum absolute atomic E-state index is 0.0768. The van der Waals surface area contributed by atoms with Crippen LogP contribution in [0.25, 0.3) is 28.0 Å². The molecular weight excluding hydrogens is 442 g/mol. The lowest BCUT2D eigenvalue weighted by molar-refractivity contribution is 0.102. The minimum atomic E-state index is -0.0768. The maximum absolute atomic E-state index is 14.0. The number of nitrogens with one attached hydrogen (secondary N) is 1. The molecule has 36 heavy (non-hydrogen) atoms. The zero-order valence-electron chi connectivity index (χ0n) is 20.9. The first kappa shape index (κ1) is 22.4. The molecule has 6 rings (SSSR count). The van der Waals surface area contributed by atoms with Crippen molar-refractivity contribution in [2.45, 2.75) is 46.1 Å². The number of hydrogen-bond acceptors (Lipinski definition) is 1. The van der Waals surface area contributed by atoms with Gasteiger partial charge in [-0.1, -0.05) is 79.2 Å². The Balaban J connectivity index is 1.59. The summed E-state index contributed by atoms with van der Waals surface area (Å²) >= 11 is 0. The molecule has 2 aromatic heterocycles. The van der Waals surface area contributed by atoms with Gasteiger partial charge in [0.15, 0.2) is 0 Å². The summed E-state index contributed by atoms with van der Waals surface area (Å²) in [4.78, 5) is 14.0. The Morgan fingerprint density at radius 2 is 1.64 bits per heavy atom. The Labute approximate surface area is 212 Å². The number of benzene rings is 3. The third kappa shape index (κ3) is 3.83. The van der Waals surface area contributed by atoms with Crippen LogP contribution in [0.15, 0.2) is 85.1 Å². The number of carbonyl (C=O) groups is 1. The fourth-order valence-corrected chi connectivity index (χ4v) is 5.49. The number of carbonyl (C=O) groups excluding carboxylic acids is 1. The van der Waals surface area contributed by atoms with Gasteiger partial charge in [-0.3, -0.25) is 9.20 Å². The van der Waals surface area contributed by atoms with Crippen molar-refractivity contribution in [2.75, 3.05) is 5.32 Å². The van der Waals surface area contributed by atoms with Crippen LogP contribution >= 0.6 is 0 Å². The number of rotatable bonds is 5. The van der Waals surface area contributed by atoms with E-state index in [2.05, 4.69) is 82.9 Å². The number of hydrogen-bond donors (Lipinski definition) is 1. The Kier molecular flexibility index (Phi) is 5.73. The lowest BCUT2D eigenvalue weighted by atomic mass is 9.96. The molecule has 0 saturated heterocycles. The molecule has 0 unspecified atom stereocenters. The Morgan fingerprint density at radius 3 is 2.36 bits per heavy atom. The molecule has 1 amide bonds. The van der Waals surface area contributed by atoms with Crippen molar-refractivity contribution in [1.29, 1.82) is 0 Å². The first-order valence-electron chi connectivity index (χ1n) is 12.9.